The average Bonchev–Trinajstić information content (AvgIpc) is 2.81. The summed E-state index contributed by atoms with van der Waals surface area (Å²) >= 11 is 0. The monoisotopic (exact) mass is 463 g/mol. The van der Waals surface area contributed by atoms with Crippen molar-refractivity contribution in [3.05, 3.63) is 89.5 Å². The number of nitrogens with zero attached hydrogens (tertiary/aromatic N) is 1. The molecule has 0 saturated carbocycles. The van der Waals surface area contributed by atoms with Crippen LogP contribution in [0.4, 0.5) is 5.69 Å². The van der Waals surface area contributed by atoms with E-state index in [2.05, 4.69) is 5.32 Å². The van der Waals surface area contributed by atoms with Gasteiger partial charge in [0.15, 0.2) is 11.5 Å². The molecule has 0 radical (unpaired) electrons. The molecule has 0 heterocycles. The molecule has 0 aromatic heterocycles. The molecular formula is C24H21N3O5S. The van der Waals surface area contributed by atoms with E-state index in [1.165, 1.54) is 37.5 Å². The summed E-state index contributed by atoms with van der Waals surface area (Å²) < 4.78 is 33.9. The summed E-state index contributed by atoms with van der Waals surface area (Å²) in [4.78, 5) is 12.4. The average molecular weight is 464 g/mol. The van der Waals surface area contributed by atoms with Crippen molar-refractivity contribution in [2.45, 2.75) is 11.5 Å². The number of ether oxygens (including phenoxy) is 2. The molecule has 9 heteroatoms. The van der Waals surface area contributed by atoms with Gasteiger partial charge in [-0.05, 0) is 53.6 Å². The number of carbonyl (C=O) groups is 1. The largest absolute Gasteiger partial charge is 0.493 e. The van der Waals surface area contributed by atoms with Crippen molar-refractivity contribution in [1.82, 2.24) is 0 Å². The lowest BCUT2D eigenvalue weighted by Crippen LogP contribution is -2.14. The number of nitriles is 1. The standard InChI is InChI=1S/C24H21N3O5S/c1-31-23-14-18(7-12-22(23)32-16-17-5-3-2-4-6-17)13-19(15-25)24(28)27-20-8-10-21(11-9-20)33(26,29)30/h2-14H,16H2,1H3,(H,27,28)(H2,26,29,30)/b19-13-. The molecule has 3 N–H and O–H groups in total. The van der Waals surface area contributed by atoms with Crippen LogP contribution in [0.2, 0.25) is 0 Å². The van der Waals surface area contributed by atoms with Crippen LogP contribution in [0.25, 0.3) is 6.08 Å². The molecule has 3 rings (SSSR count). The van der Waals surface area contributed by atoms with Gasteiger partial charge >= 0.3 is 0 Å². The van der Waals surface area contributed by atoms with Gasteiger partial charge in [-0.15, -0.1) is 0 Å². The normalized spacial score (nSPS) is 11.4. The zero-order valence-electron chi connectivity index (χ0n) is 17.7. The minimum absolute atomic E-state index is 0.0850. The van der Waals surface area contributed by atoms with E-state index in [4.69, 9.17) is 14.6 Å². The quantitative estimate of drug-likeness (QED) is 0.388. The Labute approximate surface area is 191 Å². The van der Waals surface area contributed by atoms with E-state index < -0.39 is 15.9 Å². The van der Waals surface area contributed by atoms with Gasteiger partial charge in [0.25, 0.3) is 5.91 Å². The molecule has 0 aliphatic carbocycles. The van der Waals surface area contributed by atoms with Crippen molar-refractivity contribution in [3.63, 3.8) is 0 Å². The first-order chi connectivity index (χ1) is 15.8. The van der Waals surface area contributed by atoms with Crippen molar-refractivity contribution in [2.75, 3.05) is 12.4 Å². The van der Waals surface area contributed by atoms with Crippen LogP contribution >= 0.6 is 0 Å². The minimum atomic E-state index is -3.84. The van der Waals surface area contributed by atoms with Crippen LogP contribution < -0.4 is 19.9 Å². The third kappa shape index (κ3) is 6.43. The Morgan fingerprint density at radius 2 is 1.76 bits per heavy atom. The van der Waals surface area contributed by atoms with E-state index in [1.807, 2.05) is 36.4 Å². The van der Waals surface area contributed by atoms with Gasteiger partial charge in [-0.2, -0.15) is 5.26 Å². The Bertz CT molecular complexity index is 1310. The van der Waals surface area contributed by atoms with E-state index in [0.29, 0.717) is 29.4 Å². The summed E-state index contributed by atoms with van der Waals surface area (Å²) in [5.41, 5.74) is 1.74. The van der Waals surface area contributed by atoms with Crippen LogP contribution in [-0.2, 0) is 21.4 Å². The Morgan fingerprint density at radius 1 is 1.06 bits per heavy atom. The number of anilines is 1. The summed E-state index contributed by atoms with van der Waals surface area (Å²) in [6, 6.07) is 21.9. The second-order valence-electron chi connectivity index (χ2n) is 6.88. The third-order valence-corrected chi connectivity index (χ3v) is 5.47. The lowest BCUT2D eigenvalue weighted by Gasteiger charge is -2.11. The molecule has 0 spiro atoms. The summed E-state index contributed by atoms with van der Waals surface area (Å²) in [5, 5.41) is 17.1. The molecule has 1 amide bonds. The SMILES string of the molecule is COc1cc(/C=C(/C#N)C(=O)Nc2ccc(S(N)(=O)=O)cc2)ccc1OCc1ccccc1. The molecule has 0 unspecified atom stereocenters. The van der Waals surface area contributed by atoms with Crippen LogP contribution in [0.1, 0.15) is 11.1 Å². The fourth-order valence-corrected chi connectivity index (χ4v) is 3.39. The molecule has 0 bridgehead atoms. The van der Waals surface area contributed by atoms with E-state index in [0.717, 1.165) is 5.56 Å². The number of nitrogens with one attached hydrogen (secondary N) is 1. The molecule has 0 fully saturated rings. The van der Waals surface area contributed by atoms with Crippen molar-refractivity contribution >= 4 is 27.7 Å². The van der Waals surface area contributed by atoms with Gasteiger partial charge in [0.2, 0.25) is 10.0 Å². The zero-order chi connectivity index (χ0) is 23.8. The fraction of sp³-hybridized carbons (Fsp3) is 0.0833. The van der Waals surface area contributed by atoms with Crippen molar-refractivity contribution in [2.24, 2.45) is 5.14 Å². The number of sulfonamides is 1. The predicted octanol–water partition coefficient (Wildman–Crippen LogP) is 3.47. The number of rotatable bonds is 8. The number of benzene rings is 3. The van der Waals surface area contributed by atoms with Gasteiger partial charge in [-0.1, -0.05) is 36.4 Å². The van der Waals surface area contributed by atoms with Crippen LogP contribution in [0, 0.1) is 11.3 Å². The number of primary sulfonamides is 1. The summed E-state index contributed by atoms with van der Waals surface area (Å²) in [6.45, 7) is 0.364. The van der Waals surface area contributed by atoms with Crippen LogP contribution in [0.3, 0.4) is 0 Å². The van der Waals surface area contributed by atoms with E-state index in [-0.39, 0.29) is 10.5 Å². The Hall–Kier alpha value is -4.13. The molecule has 0 aliphatic heterocycles. The van der Waals surface area contributed by atoms with Crippen molar-refractivity contribution in [1.29, 1.82) is 5.26 Å². The summed E-state index contributed by atoms with van der Waals surface area (Å²) in [6.07, 6.45) is 1.41. The maximum absolute atomic E-state index is 12.5. The number of carbonyl (C=O) groups excluding carboxylic acids is 1. The zero-order valence-corrected chi connectivity index (χ0v) is 18.5. The molecule has 0 atom stereocenters. The van der Waals surface area contributed by atoms with Gasteiger partial charge in [0.1, 0.15) is 18.2 Å². The minimum Gasteiger partial charge on any atom is -0.493 e. The number of amides is 1. The molecule has 0 saturated heterocycles. The predicted molar refractivity (Wildman–Crippen MR) is 124 cm³/mol. The molecule has 3 aromatic carbocycles. The fourth-order valence-electron chi connectivity index (χ4n) is 2.87. The van der Waals surface area contributed by atoms with Crippen LogP contribution in [-0.4, -0.2) is 21.4 Å². The molecule has 8 nitrogen and oxygen atoms in total. The highest BCUT2D eigenvalue weighted by molar-refractivity contribution is 7.89. The maximum atomic E-state index is 12.5. The number of hydrogen-bond acceptors (Lipinski definition) is 6. The van der Waals surface area contributed by atoms with Crippen LogP contribution in [0.15, 0.2) is 83.3 Å². The second-order valence-corrected chi connectivity index (χ2v) is 8.44. The topological polar surface area (TPSA) is 132 Å². The third-order valence-electron chi connectivity index (χ3n) is 4.54. The van der Waals surface area contributed by atoms with Crippen molar-refractivity contribution < 1.29 is 22.7 Å². The summed E-state index contributed by atoms with van der Waals surface area (Å²) in [5.74, 6) is 0.330. The van der Waals surface area contributed by atoms with E-state index in [1.54, 1.807) is 18.2 Å². The van der Waals surface area contributed by atoms with Gasteiger partial charge < -0.3 is 14.8 Å². The first-order valence-electron chi connectivity index (χ1n) is 9.71. The Kier molecular flexibility index (Phi) is 7.46. The lowest BCUT2D eigenvalue weighted by molar-refractivity contribution is -0.112. The highest BCUT2D eigenvalue weighted by Gasteiger charge is 2.13. The highest BCUT2D eigenvalue weighted by Crippen LogP contribution is 2.29. The lowest BCUT2D eigenvalue weighted by atomic mass is 10.1. The van der Waals surface area contributed by atoms with Gasteiger partial charge in [0, 0.05) is 5.69 Å². The Morgan fingerprint density at radius 3 is 2.36 bits per heavy atom. The van der Waals surface area contributed by atoms with Crippen LogP contribution in [0.5, 0.6) is 11.5 Å². The van der Waals surface area contributed by atoms with Gasteiger partial charge in [0.05, 0.1) is 12.0 Å². The van der Waals surface area contributed by atoms with E-state index >= 15 is 0 Å². The number of methoxy groups -OCH3 is 1. The number of hydrogen-bond donors (Lipinski definition) is 2. The van der Waals surface area contributed by atoms with E-state index in [9.17, 15) is 18.5 Å². The number of nitrogens with two attached hydrogens (primary N) is 1. The second kappa shape index (κ2) is 10.5. The Balaban J connectivity index is 1.74. The molecule has 3 aromatic rings. The summed E-state index contributed by atoms with van der Waals surface area (Å²) in [7, 11) is -2.34. The molecular weight excluding hydrogens is 442 g/mol. The molecule has 33 heavy (non-hydrogen) atoms. The highest BCUT2D eigenvalue weighted by atomic mass is 32.2. The smallest absolute Gasteiger partial charge is 0.266 e. The first kappa shape index (κ1) is 23.5. The first-order valence-corrected chi connectivity index (χ1v) is 11.3. The molecule has 0 aliphatic rings. The van der Waals surface area contributed by atoms with Crippen molar-refractivity contribution in [3.8, 4) is 17.6 Å². The van der Waals surface area contributed by atoms with Gasteiger partial charge in [-0.3, -0.25) is 4.79 Å². The maximum Gasteiger partial charge on any atom is 0.266 e. The molecule has 168 valence electrons. The van der Waals surface area contributed by atoms with Gasteiger partial charge in [-0.25, -0.2) is 13.6 Å².